The first-order valence-electron chi connectivity index (χ1n) is 2.66. The monoisotopic (exact) mass is 128 g/mol. The highest BCUT2D eigenvalue weighted by Crippen LogP contribution is 2.00. The van der Waals surface area contributed by atoms with E-state index in [9.17, 15) is 9.18 Å². The summed E-state index contributed by atoms with van der Waals surface area (Å²) in [6, 6.07) is 0. The molecule has 2 heteroatoms. The Morgan fingerprint density at radius 2 is 2.11 bits per heavy atom. The van der Waals surface area contributed by atoms with E-state index in [2.05, 4.69) is 0 Å². The Morgan fingerprint density at radius 3 is 2.44 bits per heavy atom. The molecule has 0 aliphatic carbocycles. The van der Waals surface area contributed by atoms with Crippen LogP contribution in [-0.4, -0.2) is 6.29 Å². The second kappa shape index (κ2) is 4.01. The highest BCUT2D eigenvalue weighted by atomic mass is 19.1. The fourth-order valence-electron chi connectivity index (χ4n) is 0.335. The third-order valence-corrected chi connectivity index (χ3v) is 0.827. The number of halogens is 1. The number of carbonyl (C=O) groups excluding carboxylic acids is 1. The van der Waals surface area contributed by atoms with Gasteiger partial charge in [-0.1, -0.05) is 6.08 Å². The van der Waals surface area contributed by atoms with Gasteiger partial charge in [0.2, 0.25) is 0 Å². The Balaban J connectivity index is 4.11. The van der Waals surface area contributed by atoms with Crippen LogP contribution in [-0.2, 0) is 4.79 Å². The van der Waals surface area contributed by atoms with E-state index >= 15 is 0 Å². The number of hydrogen-bond donors (Lipinski definition) is 0. The molecule has 0 fully saturated rings. The van der Waals surface area contributed by atoms with Crippen molar-refractivity contribution >= 4 is 6.29 Å². The molecule has 0 radical (unpaired) electrons. The number of allylic oxidation sites excluding steroid dienone is 4. The van der Waals surface area contributed by atoms with Gasteiger partial charge in [-0.15, -0.1) is 0 Å². The van der Waals surface area contributed by atoms with Crippen LogP contribution in [0.4, 0.5) is 4.39 Å². The molecule has 0 saturated heterocycles. The topological polar surface area (TPSA) is 17.1 Å². The van der Waals surface area contributed by atoms with Crippen molar-refractivity contribution in [2.75, 3.05) is 0 Å². The van der Waals surface area contributed by atoms with Crippen molar-refractivity contribution < 1.29 is 9.18 Å². The van der Waals surface area contributed by atoms with Crippen LogP contribution in [0.5, 0.6) is 0 Å². The Kier molecular flexibility index (Phi) is 3.60. The zero-order valence-electron chi connectivity index (χ0n) is 5.52. The maximum atomic E-state index is 12.2. The first-order valence-corrected chi connectivity index (χ1v) is 2.66. The average molecular weight is 128 g/mol. The van der Waals surface area contributed by atoms with E-state index in [1.54, 1.807) is 13.8 Å². The zero-order valence-corrected chi connectivity index (χ0v) is 5.52. The van der Waals surface area contributed by atoms with Gasteiger partial charge in [-0.25, -0.2) is 4.39 Å². The van der Waals surface area contributed by atoms with Gasteiger partial charge in [0.25, 0.3) is 0 Å². The van der Waals surface area contributed by atoms with E-state index in [0.717, 1.165) is 0 Å². The lowest BCUT2D eigenvalue weighted by Gasteiger charge is -1.84. The lowest BCUT2D eigenvalue weighted by molar-refractivity contribution is -0.104. The minimum Gasteiger partial charge on any atom is -0.298 e. The second-order valence-corrected chi connectivity index (χ2v) is 1.68. The van der Waals surface area contributed by atoms with Gasteiger partial charge in [0.15, 0.2) is 0 Å². The molecule has 0 rings (SSSR count). The second-order valence-electron chi connectivity index (χ2n) is 1.68. The fraction of sp³-hybridized carbons (Fsp3) is 0.286. The van der Waals surface area contributed by atoms with Crippen LogP contribution in [0.3, 0.4) is 0 Å². The summed E-state index contributed by atoms with van der Waals surface area (Å²) in [7, 11) is 0. The molecule has 0 amide bonds. The zero-order chi connectivity index (χ0) is 7.28. The summed E-state index contributed by atoms with van der Waals surface area (Å²) < 4.78 is 12.2. The van der Waals surface area contributed by atoms with Crippen LogP contribution < -0.4 is 0 Å². The molecule has 0 aromatic heterocycles. The molecule has 0 unspecified atom stereocenters. The SMILES string of the molecule is CC=C(F)C=C(C)C=O. The van der Waals surface area contributed by atoms with Gasteiger partial charge < -0.3 is 0 Å². The van der Waals surface area contributed by atoms with Crippen molar-refractivity contribution in [1.82, 2.24) is 0 Å². The van der Waals surface area contributed by atoms with E-state index < -0.39 is 0 Å². The predicted molar refractivity (Wildman–Crippen MR) is 34.7 cm³/mol. The summed E-state index contributed by atoms with van der Waals surface area (Å²) in [6.07, 6.45) is 3.10. The van der Waals surface area contributed by atoms with Crippen LogP contribution in [0.15, 0.2) is 23.6 Å². The number of hydrogen-bond acceptors (Lipinski definition) is 1. The molecule has 0 saturated carbocycles. The van der Waals surface area contributed by atoms with Crippen molar-refractivity contribution in [1.29, 1.82) is 0 Å². The maximum Gasteiger partial charge on any atom is 0.145 e. The molecule has 0 atom stereocenters. The summed E-state index contributed by atoms with van der Waals surface area (Å²) >= 11 is 0. The summed E-state index contributed by atoms with van der Waals surface area (Å²) in [4.78, 5) is 9.89. The van der Waals surface area contributed by atoms with Crippen LogP contribution in [0.2, 0.25) is 0 Å². The van der Waals surface area contributed by atoms with Crippen molar-refractivity contribution in [3.63, 3.8) is 0 Å². The average Bonchev–Trinajstić information content (AvgIpc) is 1.87. The van der Waals surface area contributed by atoms with Crippen molar-refractivity contribution in [3.05, 3.63) is 23.6 Å². The van der Waals surface area contributed by atoms with Gasteiger partial charge in [0, 0.05) is 0 Å². The molecular weight excluding hydrogens is 119 g/mol. The molecule has 0 aliphatic heterocycles. The first-order chi connectivity index (χ1) is 4.20. The van der Waals surface area contributed by atoms with Gasteiger partial charge in [-0.3, -0.25) is 4.79 Å². The molecular formula is C7H9FO. The minimum atomic E-state index is -0.375. The summed E-state index contributed by atoms with van der Waals surface area (Å²) in [5, 5.41) is 0. The van der Waals surface area contributed by atoms with Gasteiger partial charge in [0.05, 0.1) is 0 Å². The molecule has 0 N–H and O–H groups in total. The van der Waals surface area contributed by atoms with Crippen LogP contribution >= 0.6 is 0 Å². The minimum absolute atomic E-state index is 0.375. The van der Waals surface area contributed by atoms with Crippen LogP contribution in [0, 0.1) is 0 Å². The van der Waals surface area contributed by atoms with E-state index in [0.29, 0.717) is 11.9 Å². The molecule has 0 aromatic carbocycles. The lowest BCUT2D eigenvalue weighted by Crippen LogP contribution is -1.75. The lowest BCUT2D eigenvalue weighted by atomic mass is 10.3. The smallest absolute Gasteiger partial charge is 0.145 e. The van der Waals surface area contributed by atoms with Crippen LogP contribution in [0.1, 0.15) is 13.8 Å². The summed E-state index contributed by atoms with van der Waals surface area (Å²) in [5.74, 6) is -0.375. The Hall–Kier alpha value is -0.920. The quantitative estimate of drug-likeness (QED) is 0.316. The molecule has 0 aromatic rings. The van der Waals surface area contributed by atoms with Crippen molar-refractivity contribution in [3.8, 4) is 0 Å². The van der Waals surface area contributed by atoms with Gasteiger partial charge in [-0.2, -0.15) is 0 Å². The van der Waals surface area contributed by atoms with Crippen molar-refractivity contribution in [2.45, 2.75) is 13.8 Å². The molecule has 0 spiro atoms. The molecule has 0 aliphatic rings. The van der Waals surface area contributed by atoms with E-state index in [1.165, 1.54) is 12.2 Å². The Bertz CT molecular complexity index is 156. The highest BCUT2D eigenvalue weighted by molar-refractivity contribution is 5.72. The summed E-state index contributed by atoms with van der Waals surface area (Å²) in [6.45, 7) is 3.12. The Morgan fingerprint density at radius 1 is 1.56 bits per heavy atom. The molecule has 9 heavy (non-hydrogen) atoms. The largest absolute Gasteiger partial charge is 0.298 e. The summed E-state index contributed by atoms with van der Waals surface area (Å²) in [5.41, 5.74) is 0.394. The molecule has 1 nitrogen and oxygen atoms in total. The van der Waals surface area contributed by atoms with E-state index in [4.69, 9.17) is 0 Å². The standard InChI is InChI=1S/C7H9FO/c1-3-7(8)4-6(2)5-9/h3-5H,1-2H3. The molecule has 50 valence electrons. The van der Waals surface area contributed by atoms with Gasteiger partial charge >= 0.3 is 0 Å². The number of carbonyl (C=O) groups is 1. The fourth-order valence-corrected chi connectivity index (χ4v) is 0.335. The van der Waals surface area contributed by atoms with Crippen LogP contribution in [0.25, 0.3) is 0 Å². The maximum absolute atomic E-state index is 12.2. The van der Waals surface area contributed by atoms with E-state index in [-0.39, 0.29) is 5.83 Å². The van der Waals surface area contributed by atoms with Crippen molar-refractivity contribution in [2.24, 2.45) is 0 Å². The van der Waals surface area contributed by atoms with Gasteiger partial charge in [0.1, 0.15) is 12.1 Å². The first kappa shape index (κ1) is 8.08. The van der Waals surface area contributed by atoms with E-state index in [1.807, 2.05) is 0 Å². The predicted octanol–water partition coefficient (Wildman–Crippen LogP) is 2.00. The number of aldehydes is 1. The molecule has 0 heterocycles. The molecule has 0 bridgehead atoms. The normalized spacial score (nSPS) is 13.7. The Labute approximate surface area is 53.9 Å². The number of rotatable bonds is 2. The third-order valence-electron chi connectivity index (χ3n) is 0.827. The van der Waals surface area contributed by atoms with Gasteiger partial charge in [-0.05, 0) is 25.5 Å². The highest BCUT2D eigenvalue weighted by Gasteiger charge is 1.86. The third kappa shape index (κ3) is 3.64.